The summed E-state index contributed by atoms with van der Waals surface area (Å²) in [7, 11) is 0. The Balaban J connectivity index is 1.42. The normalized spacial score (nSPS) is 13.7. The van der Waals surface area contributed by atoms with Crippen LogP contribution in [0, 0.1) is 11.3 Å². The molecule has 0 saturated carbocycles. The largest absolute Gasteiger partial charge is 0.486 e. The molecule has 1 fully saturated rings. The zero-order valence-electron chi connectivity index (χ0n) is 19.7. The van der Waals surface area contributed by atoms with Crippen molar-refractivity contribution < 1.29 is 19.4 Å². The van der Waals surface area contributed by atoms with Crippen LogP contribution >= 0.6 is 27.5 Å². The van der Waals surface area contributed by atoms with Gasteiger partial charge in [-0.05, 0) is 69.5 Å². The fourth-order valence-corrected chi connectivity index (χ4v) is 4.97. The first-order chi connectivity index (χ1) is 17.9. The summed E-state index contributed by atoms with van der Waals surface area (Å²) in [6.45, 7) is 2.62. The lowest BCUT2D eigenvalue weighted by atomic mass is 10.1. The van der Waals surface area contributed by atoms with Gasteiger partial charge < -0.3 is 19.6 Å². The number of amides is 1. The monoisotopic (exact) mass is 579 g/mol. The van der Waals surface area contributed by atoms with E-state index in [0.29, 0.717) is 47.0 Å². The van der Waals surface area contributed by atoms with Crippen molar-refractivity contribution >= 4 is 51.2 Å². The van der Waals surface area contributed by atoms with Gasteiger partial charge in [0.1, 0.15) is 18.2 Å². The molecule has 0 radical (unpaired) electrons. The molecule has 37 heavy (non-hydrogen) atoms. The van der Waals surface area contributed by atoms with Crippen LogP contribution in [0.5, 0.6) is 5.75 Å². The predicted molar refractivity (Wildman–Crippen MR) is 146 cm³/mol. The fraction of sp³-hybridized carbons (Fsp3) is 0.179. The molecule has 0 unspecified atom stereocenters. The third kappa shape index (κ3) is 6.50. The van der Waals surface area contributed by atoms with Crippen LogP contribution in [-0.4, -0.2) is 48.1 Å². The molecule has 0 atom stereocenters. The highest BCUT2D eigenvalue weighted by atomic mass is 79.9. The number of carboxylic acids is 1. The van der Waals surface area contributed by atoms with Gasteiger partial charge in [-0.2, -0.15) is 5.26 Å². The predicted octanol–water partition coefficient (Wildman–Crippen LogP) is 5.64. The van der Waals surface area contributed by atoms with Crippen molar-refractivity contribution in [1.29, 1.82) is 5.26 Å². The molecule has 0 aromatic heterocycles. The Labute approximate surface area is 228 Å². The van der Waals surface area contributed by atoms with E-state index in [2.05, 4.69) is 20.8 Å². The molecule has 0 aliphatic carbocycles. The number of nitriles is 1. The van der Waals surface area contributed by atoms with E-state index in [4.69, 9.17) is 21.4 Å². The zero-order chi connectivity index (χ0) is 26.4. The number of hydrogen-bond donors (Lipinski definition) is 1. The van der Waals surface area contributed by atoms with E-state index >= 15 is 0 Å². The number of halogens is 2. The third-order valence-corrected chi connectivity index (χ3v) is 6.82. The summed E-state index contributed by atoms with van der Waals surface area (Å²) in [5.41, 5.74) is 2.71. The van der Waals surface area contributed by atoms with Crippen LogP contribution in [-0.2, 0) is 11.4 Å². The molecule has 4 rings (SSSR count). The van der Waals surface area contributed by atoms with Gasteiger partial charge in [0.2, 0.25) is 0 Å². The highest BCUT2D eigenvalue weighted by molar-refractivity contribution is 9.10. The van der Waals surface area contributed by atoms with Crippen LogP contribution in [0.3, 0.4) is 0 Å². The van der Waals surface area contributed by atoms with E-state index in [0.717, 1.165) is 11.3 Å². The quantitative estimate of drug-likeness (QED) is 0.287. The lowest BCUT2D eigenvalue weighted by molar-refractivity contribution is -0.126. The molecular weight excluding hydrogens is 558 g/mol. The summed E-state index contributed by atoms with van der Waals surface area (Å²) in [5.74, 6) is -0.901. The first-order valence-electron chi connectivity index (χ1n) is 11.5. The SMILES string of the molecule is N#C/C(=C/c1cc(Cl)c(OCc2ccc(C(=O)O)cc2)c(Br)c1)C(=O)N1CCN(c2ccccc2)CC1. The average Bonchev–Trinajstić information content (AvgIpc) is 2.91. The highest BCUT2D eigenvalue weighted by Gasteiger charge is 2.24. The van der Waals surface area contributed by atoms with Crippen molar-refractivity contribution in [3.05, 3.63) is 98.5 Å². The molecule has 1 N–H and O–H groups in total. The Kier molecular flexibility index (Phi) is 8.49. The molecule has 1 amide bonds. The summed E-state index contributed by atoms with van der Waals surface area (Å²) < 4.78 is 6.40. The van der Waals surface area contributed by atoms with Gasteiger partial charge in [0.05, 0.1) is 15.1 Å². The van der Waals surface area contributed by atoms with Crippen molar-refractivity contribution in [1.82, 2.24) is 4.90 Å². The van der Waals surface area contributed by atoms with Crippen molar-refractivity contribution in [2.24, 2.45) is 0 Å². The van der Waals surface area contributed by atoms with E-state index in [9.17, 15) is 14.9 Å². The molecule has 0 spiro atoms. The molecular formula is C28H23BrClN3O4. The fourth-order valence-electron chi connectivity index (χ4n) is 3.99. The summed E-state index contributed by atoms with van der Waals surface area (Å²) in [5, 5.41) is 19.0. The molecule has 1 aliphatic heterocycles. The first kappa shape index (κ1) is 26.3. The number of rotatable bonds is 7. The second-order valence-electron chi connectivity index (χ2n) is 8.39. The van der Waals surface area contributed by atoms with Gasteiger partial charge in [-0.25, -0.2) is 4.79 Å². The lowest BCUT2D eigenvalue weighted by Gasteiger charge is -2.36. The van der Waals surface area contributed by atoms with Gasteiger partial charge in [-0.3, -0.25) is 4.79 Å². The zero-order valence-corrected chi connectivity index (χ0v) is 22.1. The van der Waals surface area contributed by atoms with Crippen molar-refractivity contribution in [2.75, 3.05) is 31.1 Å². The molecule has 9 heteroatoms. The second-order valence-corrected chi connectivity index (χ2v) is 9.65. The molecule has 188 valence electrons. The van der Waals surface area contributed by atoms with Crippen LogP contribution in [0.1, 0.15) is 21.5 Å². The Morgan fingerprint density at radius 2 is 1.73 bits per heavy atom. The van der Waals surface area contributed by atoms with Crippen molar-refractivity contribution in [3.8, 4) is 11.8 Å². The number of carbonyl (C=O) groups is 2. The Hall–Kier alpha value is -3.80. The molecule has 3 aromatic rings. The third-order valence-electron chi connectivity index (χ3n) is 5.95. The van der Waals surface area contributed by atoms with Gasteiger partial charge >= 0.3 is 5.97 Å². The minimum absolute atomic E-state index is 0.0308. The van der Waals surface area contributed by atoms with Crippen LogP contribution in [0.4, 0.5) is 5.69 Å². The average molecular weight is 581 g/mol. The minimum atomic E-state index is -0.994. The van der Waals surface area contributed by atoms with Crippen molar-refractivity contribution in [2.45, 2.75) is 6.61 Å². The van der Waals surface area contributed by atoms with Gasteiger partial charge in [0, 0.05) is 31.9 Å². The van der Waals surface area contributed by atoms with E-state index in [-0.39, 0.29) is 23.7 Å². The molecule has 3 aromatic carbocycles. The summed E-state index contributed by atoms with van der Waals surface area (Å²) >= 11 is 9.91. The molecule has 7 nitrogen and oxygen atoms in total. The maximum Gasteiger partial charge on any atom is 0.335 e. The van der Waals surface area contributed by atoms with Gasteiger partial charge in [0.25, 0.3) is 5.91 Å². The number of para-hydroxylation sites is 1. The number of ether oxygens (including phenoxy) is 1. The summed E-state index contributed by atoms with van der Waals surface area (Å²) in [6.07, 6.45) is 1.52. The maximum absolute atomic E-state index is 13.0. The number of hydrogen-bond acceptors (Lipinski definition) is 5. The molecule has 1 aliphatic rings. The van der Waals surface area contributed by atoms with Gasteiger partial charge in [0.15, 0.2) is 5.75 Å². The van der Waals surface area contributed by atoms with Crippen LogP contribution in [0.15, 0.2) is 76.8 Å². The lowest BCUT2D eigenvalue weighted by Crippen LogP contribution is -2.49. The number of carbonyl (C=O) groups excluding carboxylic acids is 1. The smallest absolute Gasteiger partial charge is 0.335 e. The number of anilines is 1. The molecule has 0 bridgehead atoms. The molecule has 1 saturated heterocycles. The number of piperazine rings is 1. The number of benzene rings is 3. The van der Waals surface area contributed by atoms with Crippen LogP contribution < -0.4 is 9.64 Å². The minimum Gasteiger partial charge on any atom is -0.486 e. The van der Waals surface area contributed by atoms with Gasteiger partial charge in [-0.15, -0.1) is 0 Å². The Bertz CT molecular complexity index is 1340. The first-order valence-corrected chi connectivity index (χ1v) is 12.7. The summed E-state index contributed by atoms with van der Waals surface area (Å²) in [6, 6.07) is 21.8. The Morgan fingerprint density at radius 1 is 1.05 bits per heavy atom. The number of nitrogens with zero attached hydrogens (tertiary/aromatic N) is 3. The summed E-state index contributed by atoms with van der Waals surface area (Å²) in [4.78, 5) is 28.0. The maximum atomic E-state index is 13.0. The van der Waals surface area contributed by atoms with Crippen LogP contribution in [0.25, 0.3) is 6.08 Å². The molecule has 1 heterocycles. The number of carboxylic acid groups (broad SMARTS) is 1. The van der Waals surface area contributed by atoms with E-state index in [1.165, 1.54) is 18.2 Å². The Morgan fingerprint density at radius 3 is 2.32 bits per heavy atom. The second kappa shape index (κ2) is 12.0. The van der Waals surface area contributed by atoms with E-state index in [1.807, 2.05) is 36.4 Å². The van der Waals surface area contributed by atoms with Crippen molar-refractivity contribution in [3.63, 3.8) is 0 Å². The van der Waals surface area contributed by atoms with E-state index < -0.39 is 5.97 Å². The topological polar surface area (TPSA) is 93.9 Å². The van der Waals surface area contributed by atoms with Gasteiger partial charge in [-0.1, -0.05) is 41.9 Å². The standard InChI is InChI=1S/C28H23BrClN3O4/c29-24-15-20(16-25(30)26(24)37-18-19-6-8-21(9-7-19)28(35)36)14-22(17-31)27(34)33-12-10-32(11-13-33)23-4-2-1-3-5-23/h1-9,14-16H,10-13,18H2,(H,35,36)/b22-14-. The number of aromatic carboxylic acids is 1. The highest BCUT2D eigenvalue weighted by Crippen LogP contribution is 2.36. The van der Waals surface area contributed by atoms with E-state index in [1.54, 1.807) is 29.2 Å². The van der Waals surface area contributed by atoms with Crippen LogP contribution in [0.2, 0.25) is 5.02 Å².